The Kier molecular flexibility index (Phi) is 2.01. The zero-order valence-corrected chi connectivity index (χ0v) is 9.19. The van der Waals surface area contributed by atoms with Gasteiger partial charge in [-0.25, -0.2) is 4.98 Å². The molecule has 3 rings (SSSR count). The molecule has 0 aliphatic rings. The number of H-pyrrole nitrogens is 1. The molecule has 0 amide bonds. The highest BCUT2D eigenvalue weighted by molar-refractivity contribution is 7.19. The van der Waals surface area contributed by atoms with Crippen molar-refractivity contribution in [2.45, 2.75) is 0 Å². The van der Waals surface area contributed by atoms with Crippen LogP contribution in [0, 0.1) is 6.07 Å². The van der Waals surface area contributed by atoms with Crippen LogP contribution in [0.2, 0.25) is 4.34 Å². The number of hydrogen-bond acceptors (Lipinski definition) is 2. The number of nitrogens with zero attached hydrogens (tertiary/aromatic N) is 1. The van der Waals surface area contributed by atoms with E-state index < -0.39 is 0 Å². The second-order valence-electron chi connectivity index (χ2n) is 3.13. The van der Waals surface area contributed by atoms with Crippen LogP contribution in [-0.2, 0) is 0 Å². The number of nitrogens with one attached hydrogen (secondary N) is 1. The first-order chi connectivity index (χ1) is 7.33. The Balaban J connectivity index is 2.19. The standard InChI is InChI=1S/C11H6ClN2S/c12-10-6-5-9(15-10)11-13-7-3-1-2-4-8(7)14-11/h1,3-6H,(H,13,14). The summed E-state index contributed by atoms with van der Waals surface area (Å²) in [6.45, 7) is 0. The van der Waals surface area contributed by atoms with Crippen LogP contribution in [0.1, 0.15) is 0 Å². The van der Waals surface area contributed by atoms with E-state index >= 15 is 0 Å². The van der Waals surface area contributed by atoms with Crippen molar-refractivity contribution in [1.82, 2.24) is 9.97 Å². The van der Waals surface area contributed by atoms with Crippen LogP contribution in [-0.4, -0.2) is 9.97 Å². The zero-order chi connectivity index (χ0) is 10.3. The first-order valence-corrected chi connectivity index (χ1v) is 5.64. The molecule has 0 bridgehead atoms. The molecule has 0 unspecified atom stereocenters. The van der Waals surface area contributed by atoms with Crippen LogP contribution in [0.3, 0.4) is 0 Å². The first-order valence-electron chi connectivity index (χ1n) is 4.44. The maximum absolute atomic E-state index is 5.88. The van der Waals surface area contributed by atoms with Gasteiger partial charge in [0, 0.05) is 0 Å². The second kappa shape index (κ2) is 3.36. The van der Waals surface area contributed by atoms with Gasteiger partial charge in [-0.3, -0.25) is 0 Å². The molecule has 73 valence electrons. The summed E-state index contributed by atoms with van der Waals surface area (Å²) in [5.41, 5.74) is 1.95. The van der Waals surface area contributed by atoms with E-state index in [0.29, 0.717) is 0 Å². The number of rotatable bonds is 1. The van der Waals surface area contributed by atoms with Crippen LogP contribution in [0.25, 0.3) is 21.7 Å². The van der Waals surface area contributed by atoms with Crippen molar-refractivity contribution in [2.75, 3.05) is 0 Å². The van der Waals surface area contributed by atoms with Gasteiger partial charge in [-0.15, -0.1) is 11.3 Å². The molecule has 1 N–H and O–H groups in total. The molecule has 2 heterocycles. The Hall–Kier alpha value is -1.32. The van der Waals surface area contributed by atoms with E-state index in [0.717, 1.165) is 26.1 Å². The van der Waals surface area contributed by atoms with Crippen LogP contribution in [0.5, 0.6) is 0 Å². The highest BCUT2D eigenvalue weighted by Gasteiger charge is 2.06. The molecule has 0 aliphatic heterocycles. The number of aromatic amines is 1. The minimum Gasteiger partial charge on any atom is -0.337 e. The van der Waals surface area contributed by atoms with Gasteiger partial charge in [-0.1, -0.05) is 17.7 Å². The number of fused-ring (bicyclic) bond motifs is 1. The van der Waals surface area contributed by atoms with Gasteiger partial charge in [-0.05, 0) is 30.3 Å². The summed E-state index contributed by atoms with van der Waals surface area (Å²) in [7, 11) is 0. The molecule has 0 atom stereocenters. The largest absolute Gasteiger partial charge is 0.337 e. The third-order valence-electron chi connectivity index (χ3n) is 2.13. The number of aromatic nitrogens is 2. The molecule has 0 fully saturated rings. The van der Waals surface area contributed by atoms with Crippen molar-refractivity contribution >= 4 is 34.0 Å². The topological polar surface area (TPSA) is 28.7 Å². The molecule has 0 aliphatic carbocycles. The third kappa shape index (κ3) is 1.54. The van der Waals surface area contributed by atoms with E-state index in [9.17, 15) is 0 Å². The molecule has 1 aromatic carbocycles. The van der Waals surface area contributed by atoms with E-state index in [2.05, 4.69) is 16.0 Å². The fourth-order valence-electron chi connectivity index (χ4n) is 1.45. The van der Waals surface area contributed by atoms with Gasteiger partial charge in [0.05, 0.1) is 20.2 Å². The fraction of sp³-hybridized carbons (Fsp3) is 0. The Morgan fingerprint density at radius 2 is 2.27 bits per heavy atom. The van der Waals surface area contributed by atoms with Gasteiger partial charge in [0.2, 0.25) is 0 Å². The Morgan fingerprint density at radius 1 is 1.33 bits per heavy atom. The monoisotopic (exact) mass is 233 g/mol. The molecule has 0 saturated carbocycles. The highest BCUT2D eigenvalue weighted by Crippen LogP contribution is 2.30. The average Bonchev–Trinajstić information content (AvgIpc) is 2.82. The molecule has 15 heavy (non-hydrogen) atoms. The average molecular weight is 234 g/mol. The normalized spacial score (nSPS) is 11.0. The lowest BCUT2D eigenvalue weighted by molar-refractivity contribution is 1.36. The van der Waals surface area contributed by atoms with Gasteiger partial charge >= 0.3 is 0 Å². The predicted octanol–water partition coefficient (Wildman–Crippen LogP) is 3.74. The zero-order valence-electron chi connectivity index (χ0n) is 7.62. The van der Waals surface area contributed by atoms with Crippen LogP contribution >= 0.6 is 22.9 Å². The van der Waals surface area contributed by atoms with Gasteiger partial charge in [-0.2, -0.15) is 0 Å². The van der Waals surface area contributed by atoms with Crippen molar-refractivity contribution in [3.05, 3.63) is 40.7 Å². The predicted molar refractivity (Wildman–Crippen MR) is 63.3 cm³/mol. The number of halogens is 1. The van der Waals surface area contributed by atoms with Gasteiger partial charge < -0.3 is 4.98 Å². The molecule has 4 heteroatoms. The smallest absolute Gasteiger partial charge is 0.148 e. The lowest BCUT2D eigenvalue weighted by Gasteiger charge is -1.86. The molecular weight excluding hydrogens is 228 g/mol. The molecule has 1 radical (unpaired) electrons. The molecule has 0 spiro atoms. The van der Waals surface area contributed by atoms with Crippen molar-refractivity contribution in [2.24, 2.45) is 0 Å². The summed E-state index contributed by atoms with van der Waals surface area (Å²) in [6, 6.07) is 12.5. The summed E-state index contributed by atoms with van der Waals surface area (Å²) >= 11 is 7.40. The number of imidazole rings is 1. The second-order valence-corrected chi connectivity index (χ2v) is 4.85. The molecular formula is C11H6ClN2S. The minimum atomic E-state index is 0.775. The van der Waals surface area contributed by atoms with Crippen molar-refractivity contribution in [1.29, 1.82) is 0 Å². The van der Waals surface area contributed by atoms with E-state index in [1.54, 1.807) is 0 Å². The van der Waals surface area contributed by atoms with E-state index in [1.807, 2.05) is 30.3 Å². The molecule has 2 nitrogen and oxygen atoms in total. The molecule has 2 aromatic heterocycles. The Morgan fingerprint density at radius 3 is 3.00 bits per heavy atom. The molecule has 3 aromatic rings. The minimum absolute atomic E-state index is 0.775. The Labute approximate surface area is 95.5 Å². The quantitative estimate of drug-likeness (QED) is 0.682. The van der Waals surface area contributed by atoms with Gasteiger partial charge in [0.1, 0.15) is 5.82 Å². The summed E-state index contributed by atoms with van der Waals surface area (Å²) < 4.78 is 0.775. The fourth-order valence-corrected chi connectivity index (χ4v) is 2.44. The van der Waals surface area contributed by atoms with Crippen LogP contribution in [0.4, 0.5) is 0 Å². The van der Waals surface area contributed by atoms with Crippen molar-refractivity contribution in [3.63, 3.8) is 0 Å². The van der Waals surface area contributed by atoms with E-state index in [4.69, 9.17) is 11.6 Å². The maximum atomic E-state index is 5.88. The Bertz CT molecular complexity index is 579. The van der Waals surface area contributed by atoms with E-state index in [1.165, 1.54) is 11.3 Å². The van der Waals surface area contributed by atoms with Crippen molar-refractivity contribution < 1.29 is 0 Å². The van der Waals surface area contributed by atoms with E-state index in [-0.39, 0.29) is 0 Å². The SMILES string of the molecule is Clc1ccc(-c2nc3c[c]ccc3[nH]2)s1. The third-order valence-corrected chi connectivity index (χ3v) is 3.37. The summed E-state index contributed by atoms with van der Waals surface area (Å²) in [5.74, 6) is 0.863. The lowest BCUT2D eigenvalue weighted by atomic mass is 10.3. The highest BCUT2D eigenvalue weighted by atomic mass is 35.5. The van der Waals surface area contributed by atoms with Gasteiger partial charge in [0.15, 0.2) is 0 Å². The first kappa shape index (κ1) is 8.95. The molecule has 0 saturated heterocycles. The number of hydrogen-bond donors (Lipinski definition) is 1. The summed E-state index contributed by atoms with van der Waals surface area (Å²) in [5, 5.41) is 0. The van der Waals surface area contributed by atoms with Crippen LogP contribution < -0.4 is 0 Å². The maximum Gasteiger partial charge on any atom is 0.148 e. The summed E-state index contributed by atoms with van der Waals surface area (Å²) in [6.07, 6.45) is 0. The van der Waals surface area contributed by atoms with Crippen LogP contribution in [0.15, 0.2) is 30.3 Å². The number of benzene rings is 1. The lowest BCUT2D eigenvalue weighted by Crippen LogP contribution is -1.72. The van der Waals surface area contributed by atoms with Crippen molar-refractivity contribution in [3.8, 4) is 10.7 Å². The summed E-state index contributed by atoms with van der Waals surface area (Å²) in [4.78, 5) is 8.76. The number of thiophene rings is 1. The van der Waals surface area contributed by atoms with Gasteiger partial charge in [0.25, 0.3) is 0 Å².